The summed E-state index contributed by atoms with van der Waals surface area (Å²) in [5, 5.41) is 10.7. The molecule has 0 saturated heterocycles. The predicted octanol–water partition coefficient (Wildman–Crippen LogP) is 3.54. The molecule has 1 rings (SSSR count). The maximum absolute atomic E-state index is 13.3. The number of ether oxygens (including phenoxy) is 1. The Kier molecular flexibility index (Phi) is 6.48. The van der Waals surface area contributed by atoms with Gasteiger partial charge in [0.25, 0.3) is 6.43 Å². The molecule has 0 amide bonds. The number of carbonyl (C=O) groups excluding carboxylic acids is 1. The highest BCUT2D eigenvalue weighted by Crippen LogP contribution is 2.37. The van der Waals surface area contributed by atoms with E-state index in [0.717, 1.165) is 19.1 Å². The van der Waals surface area contributed by atoms with Crippen LogP contribution >= 0.6 is 0 Å². The van der Waals surface area contributed by atoms with Crippen molar-refractivity contribution >= 4 is 5.97 Å². The number of methoxy groups -OCH3 is 1. The molecule has 0 aromatic heterocycles. The first-order chi connectivity index (χ1) is 10.3. The maximum atomic E-state index is 13.3. The molecule has 1 aromatic rings. The lowest BCUT2D eigenvalue weighted by molar-refractivity contribution is -0.170. The second kappa shape index (κ2) is 7.68. The van der Waals surface area contributed by atoms with Crippen LogP contribution in [0.5, 0.6) is 0 Å². The fraction of sp³-hybridized carbons (Fsp3) is 0.588. The van der Waals surface area contributed by atoms with Crippen molar-refractivity contribution in [2.75, 3.05) is 7.11 Å². The average Bonchev–Trinajstić information content (AvgIpc) is 2.46. The van der Waals surface area contributed by atoms with Gasteiger partial charge < -0.3 is 9.84 Å². The molecule has 0 bridgehead atoms. The lowest BCUT2D eigenvalue weighted by Gasteiger charge is -2.33. The molecule has 0 aliphatic rings. The summed E-state index contributed by atoms with van der Waals surface area (Å²) in [6.45, 7) is 5.74. The molecule has 0 saturated carbocycles. The molecule has 2 atom stereocenters. The Morgan fingerprint density at radius 2 is 1.82 bits per heavy atom. The highest BCUT2D eigenvalue weighted by atomic mass is 19.3. The molecule has 124 valence electrons. The Labute approximate surface area is 130 Å². The first-order valence-corrected chi connectivity index (χ1v) is 7.44. The first kappa shape index (κ1) is 18.6. The van der Waals surface area contributed by atoms with Crippen molar-refractivity contribution in [1.82, 2.24) is 0 Å². The standard InChI is InChI=1S/C17H24F2O3/c1-5-17(21,14(15(18)19)16(20)22-4)13-8-6-12(7-9-13)10-11(2)3/h6-9,11,14-15,21H,5,10H2,1-4H3. The number of benzene rings is 1. The van der Waals surface area contributed by atoms with E-state index in [0.29, 0.717) is 11.5 Å². The van der Waals surface area contributed by atoms with E-state index in [1.165, 1.54) is 0 Å². The Morgan fingerprint density at radius 3 is 2.18 bits per heavy atom. The molecule has 1 N–H and O–H groups in total. The van der Waals surface area contributed by atoms with E-state index in [1.807, 2.05) is 0 Å². The van der Waals surface area contributed by atoms with Crippen LogP contribution in [0.25, 0.3) is 0 Å². The lowest BCUT2D eigenvalue weighted by atomic mass is 9.79. The van der Waals surface area contributed by atoms with Gasteiger partial charge in [0.1, 0.15) is 5.60 Å². The smallest absolute Gasteiger partial charge is 0.317 e. The Balaban J connectivity index is 3.18. The van der Waals surface area contributed by atoms with Crippen molar-refractivity contribution < 1.29 is 23.4 Å². The van der Waals surface area contributed by atoms with Crippen LogP contribution in [-0.2, 0) is 21.6 Å². The number of hydrogen-bond donors (Lipinski definition) is 1. The summed E-state index contributed by atoms with van der Waals surface area (Å²) in [5.74, 6) is -2.54. The third kappa shape index (κ3) is 4.03. The number of rotatable bonds is 7. The fourth-order valence-corrected chi connectivity index (χ4v) is 2.64. The van der Waals surface area contributed by atoms with Crippen LogP contribution in [0.2, 0.25) is 0 Å². The van der Waals surface area contributed by atoms with E-state index in [2.05, 4.69) is 18.6 Å². The molecule has 0 heterocycles. The summed E-state index contributed by atoms with van der Waals surface area (Å²) in [6, 6.07) is 6.82. The Hall–Kier alpha value is -1.49. The van der Waals surface area contributed by atoms with Crippen LogP contribution < -0.4 is 0 Å². The molecule has 0 aliphatic heterocycles. The van der Waals surface area contributed by atoms with Crippen molar-refractivity contribution in [3.8, 4) is 0 Å². The van der Waals surface area contributed by atoms with Gasteiger partial charge in [0.2, 0.25) is 0 Å². The number of carbonyl (C=O) groups is 1. The molecule has 5 heteroatoms. The Bertz CT molecular complexity index is 485. The van der Waals surface area contributed by atoms with Crippen molar-refractivity contribution in [2.45, 2.75) is 45.6 Å². The summed E-state index contributed by atoms with van der Waals surface area (Å²) < 4.78 is 31.0. The summed E-state index contributed by atoms with van der Waals surface area (Å²) in [4.78, 5) is 11.7. The van der Waals surface area contributed by atoms with Crippen molar-refractivity contribution in [1.29, 1.82) is 0 Å². The quantitative estimate of drug-likeness (QED) is 0.783. The minimum atomic E-state index is -3.01. The van der Waals surface area contributed by atoms with Crippen molar-refractivity contribution in [3.63, 3.8) is 0 Å². The highest BCUT2D eigenvalue weighted by molar-refractivity contribution is 5.74. The highest BCUT2D eigenvalue weighted by Gasteiger charge is 2.48. The normalized spacial score (nSPS) is 15.7. The molecule has 1 aromatic carbocycles. The minimum absolute atomic E-state index is 0.0133. The molecule has 0 radical (unpaired) electrons. The van der Waals surface area contributed by atoms with Gasteiger partial charge in [-0.05, 0) is 29.9 Å². The van der Waals surface area contributed by atoms with Gasteiger partial charge in [-0.2, -0.15) is 0 Å². The van der Waals surface area contributed by atoms with E-state index in [-0.39, 0.29) is 6.42 Å². The molecule has 3 nitrogen and oxygen atoms in total. The number of alkyl halides is 2. The summed E-state index contributed by atoms with van der Waals surface area (Å²) in [6.07, 6.45) is -2.16. The zero-order valence-electron chi connectivity index (χ0n) is 13.5. The van der Waals surface area contributed by atoms with E-state index >= 15 is 0 Å². The van der Waals surface area contributed by atoms with Crippen molar-refractivity contribution in [3.05, 3.63) is 35.4 Å². The van der Waals surface area contributed by atoms with Crippen molar-refractivity contribution in [2.24, 2.45) is 11.8 Å². The lowest BCUT2D eigenvalue weighted by Crippen LogP contribution is -2.44. The second-order valence-corrected chi connectivity index (χ2v) is 5.91. The van der Waals surface area contributed by atoms with Gasteiger partial charge in [-0.25, -0.2) is 8.78 Å². The van der Waals surface area contributed by atoms with E-state index in [9.17, 15) is 18.7 Å². The summed E-state index contributed by atoms with van der Waals surface area (Å²) in [5.41, 5.74) is -0.584. The second-order valence-electron chi connectivity index (χ2n) is 5.91. The van der Waals surface area contributed by atoms with Gasteiger partial charge in [-0.1, -0.05) is 45.0 Å². The molecule has 22 heavy (non-hydrogen) atoms. The Morgan fingerprint density at radius 1 is 1.27 bits per heavy atom. The van der Waals surface area contributed by atoms with E-state index in [4.69, 9.17) is 0 Å². The molecule has 0 spiro atoms. The van der Waals surface area contributed by atoms with Crippen LogP contribution in [-0.4, -0.2) is 24.6 Å². The van der Waals surface area contributed by atoms with Crippen LogP contribution in [0.15, 0.2) is 24.3 Å². The van der Waals surface area contributed by atoms with Crippen LogP contribution in [0.4, 0.5) is 8.78 Å². The van der Waals surface area contributed by atoms with Crippen LogP contribution in [0.1, 0.15) is 38.3 Å². The first-order valence-electron chi connectivity index (χ1n) is 7.44. The summed E-state index contributed by atoms with van der Waals surface area (Å²) >= 11 is 0. The number of hydrogen-bond acceptors (Lipinski definition) is 3. The maximum Gasteiger partial charge on any atom is 0.317 e. The predicted molar refractivity (Wildman–Crippen MR) is 80.7 cm³/mol. The van der Waals surface area contributed by atoms with Gasteiger partial charge >= 0.3 is 5.97 Å². The minimum Gasteiger partial charge on any atom is -0.469 e. The van der Waals surface area contributed by atoms with Crippen LogP contribution in [0, 0.1) is 11.8 Å². The van der Waals surface area contributed by atoms with E-state index < -0.39 is 23.9 Å². The number of halogens is 2. The molecular weight excluding hydrogens is 290 g/mol. The van der Waals surface area contributed by atoms with Gasteiger partial charge in [-0.15, -0.1) is 0 Å². The number of esters is 1. The SMILES string of the molecule is CCC(O)(c1ccc(CC(C)C)cc1)C(C(=O)OC)C(F)F. The van der Waals surface area contributed by atoms with Gasteiger partial charge in [0.05, 0.1) is 7.11 Å². The largest absolute Gasteiger partial charge is 0.469 e. The third-order valence-corrected chi connectivity index (χ3v) is 3.86. The van der Waals surface area contributed by atoms with Gasteiger partial charge in [-0.3, -0.25) is 4.79 Å². The molecule has 2 unspecified atom stereocenters. The zero-order valence-corrected chi connectivity index (χ0v) is 13.5. The number of aliphatic hydroxyl groups is 1. The topological polar surface area (TPSA) is 46.5 Å². The zero-order chi connectivity index (χ0) is 16.9. The monoisotopic (exact) mass is 314 g/mol. The fourth-order valence-electron chi connectivity index (χ4n) is 2.64. The average molecular weight is 314 g/mol. The third-order valence-electron chi connectivity index (χ3n) is 3.86. The molecular formula is C17H24F2O3. The van der Waals surface area contributed by atoms with E-state index in [1.54, 1.807) is 31.2 Å². The van der Waals surface area contributed by atoms with Gasteiger partial charge in [0.15, 0.2) is 5.92 Å². The summed E-state index contributed by atoms with van der Waals surface area (Å²) in [7, 11) is 1.04. The molecule has 0 fully saturated rings. The van der Waals surface area contributed by atoms with Crippen LogP contribution in [0.3, 0.4) is 0 Å². The van der Waals surface area contributed by atoms with Gasteiger partial charge in [0, 0.05) is 0 Å². The molecule has 0 aliphatic carbocycles.